The summed E-state index contributed by atoms with van der Waals surface area (Å²) in [6.45, 7) is 0. The van der Waals surface area contributed by atoms with Crippen molar-refractivity contribution in [3.63, 3.8) is 0 Å². The van der Waals surface area contributed by atoms with Gasteiger partial charge in [0.15, 0.2) is 17.5 Å². The van der Waals surface area contributed by atoms with Crippen LogP contribution in [0.1, 0.15) is 0 Å². The first-order chi connectivity index (χ1) is 17.8. The lowest BCUT2D eigenvalue weighted by atomic mass is 9.99. The first-order valence-electron chi connectivity index (χ1n) is 12.0. The molecule has 1 heterocycles. The minimum absolute atomic E-state index is 0.661. The van der Waals surface area contributed by atoms with Crippen molar-refractivity contribution >= 4 is 0 Å². The van der Waals surface area contributed by atoms with Crippen molar-refractivity contribution in [2.45, 2.75) is 0 Å². The van der Waals surface area contributed by atoms with E-state index in [1.807, 2.05) is 66.7 Å². The largest absolute Gasteiger partial charge is 0.208 e. The highest BCUT2D eigenvalue weighted by molar-refractivity contribution is 5.73. The van der Waals surface area contributed by atoms with E-state index in [-0.39, 0.29) is 0 Å². The molecule has 0 fully saturated rings. The summed E-state index contributed by atoms with van der Waals surface area (Å²) in [5.41, 5.74) is 7.64. The van der Waals surface area contributed by atoms with E-state index >= 15 is 0 Å². The maximum atomic E-state index is 4.82. The van der Waals surface area contributed by atoms with Gasteiger partial charge in [0, 0.05) is 16.7 Å². The average molecular weight is 462 g/mol. The highest BCUT2D eigenvalue weighted by Crippen LogP contribution is 2.28. The molecule has 170 valence electrons. The summed E-state index contributed by atoms with van der Waals surface area (Å²) in [6, 6.07) is 47.6. The fraction of sp³-hybridized carbons (Fsp3) is 0. The van der Waals surface area contributed by atoms with Gasteiger partial charge >= 0.3 is 0 Å². The third-order valence-electron chi connectivity index (χ3n) is 6.17. The first kappa shape index (κ1) is 21.6. The van der Waals surface area contributed by atoms with Crippen molar-refractivity contribution in [3.8, 4) is 56.4 Å². The fourth-order valence-electron chi connectivity index (χ4n) is 4.24. The number of benzene rings is 5. The summed E-state index contributed by atoms with van der Waals surface area (Å²) >= 11 is 0. The molecule has 0 radical (unpaired) electrons. The molecular formula is C33H23N3. The number of hydrogen-bond acceptors (Lipinski definition) is 3. The smallest absolute Gasteiger partial charge is 0.164 e. The highest BCUT2D eigenvalue weighted by Gasteiger charge is 2.12. The third kappa shape index (κ3) is 4.55. The number of hydrogen-bond donors (Lipinski definition) is 0. The van der Waals surface area contributed by atoms with Crippen molar-refractivity contribution in [3.05, 3.63) is 140 Å². The number of aromatic nitrogens is 3. The van der Waals surface area contributed by atoms with E-state index < -0.39 is 0 Å². The Morgan fingerprint density at radius 2 is 0.444 bits per heavy atom. The van der Waals surface area contributed by atoms with E-state index in [4.69, 9.17) is 15.0 Å². The average Bonchev–Trinajstić information content (AvgIpc) is 2.98. The molecule has 0 aliphatic carbocycles. The lowest BCUT2D eigenvalue weighted by molar-refractivity contribution is 1.07. The Bertz CT molecular complexity index is 1520. The molecule has 0 saturated carbocycles. The third-order valence-corrected chi connectivity index (χ3v) is 6.17. The maximum Gasteiger partial charge on any atom is 0.164 e. The van der Waals surface area contributed by atoms with Gasteiger partial charge in [-0.2, -0.15) is 0 Å². The second-order valence-electron chi connectivity index (χ2n) is 8.56. The minimum atomic E-state index is 0.661. The van der Waals surface area contributed by atoms with E-state index in [1.54, 1.807) is 0 Å². The van der Waals surface area contributed by atoms with Crippen molar-refractivity contribution in [1.29, 1.82) is 0 Å². The molecule has 0 amide bonds. The molecule has 6 rings (SSSR count). The lowest BCUT2D eigenvalue weighted by Gasteiger charge is -2.09. The van der Waals surface area contributed by atoms with Gasteiger partial charge in [0.25, 0.3) is 0 Å². The summed E-state index contributed by atoms with van der Waals surface area (Å²) in [4.78, 5) is 14.4. The quantitative estimate of drug-likeness (QED) is 0.260. The van der Waals surface area contributed by atoms with Crippen LogP contribution in [0.4, 0.5) is 0 Å². The van der Waals surface area contributed by atoms with Crippen LogP contribution in [0, 0.1) is 0 Å². The van der Waals surface area contributed by atoms with Crippen LogP contribution in [0.15, 0.2) is 140 Å². The van der Waals surface area contributed by atoms with Gasteiger partial charge in [0.1, 0.15) is 0 Å². The van der Waals surface area contributed by atoms with Crippen LogP contribution >= 0.6 is 0 Å². The first-order valence-corrected chi connectivity index (χ1v) is 12.0. The van der Waals surface area contributed by atoms with Crippen LogP contribution in [0.25, 0.3) is 56.4 Å². The summed E-state index contributed by atoms with van der Waals surface area (Å²) in [5, 5.41) is 0. The number of rotatable bonds is 5. The molecule has 6 aromatic rings. The number of nitrogens with zero attached hydrogens (tertiary/aromatic N) is 3. The van der Waals surface area contributed by atoms with Crippen LogP contribution in [-0.4, -0.2) is 15.0 Å². The predicted molar refractivity (Wildman–Crippen MR) is 147 cm³/mol. The Labute approximate surface area is 210 Å². The normalized spacial score (nSPS) is 10.8. The molecule has 0 unspecified atom stereocenters. The van der Waals surface area contributed by atoms with Crippen LogP contribution in [0.3, 0.4) is 0 Å². The summed E-state index contributed by atoms with van der Waals surface area (Å²) < 4.78 is 0. The molecule has 0 atom stereocenters. The molecule has 3 heteroatoms. The Morgan fingerprint density at radius 3 is 0.778 bits per heavy atom. The zero-order valence-electron chi connectivity index (χ0n) is 19.6. The molecule has 36 heavy (non-hydrogen) atoms. The molecule has 0 bridgehead atoms. The van der Waals surface area contributed by atoms with Crippen LogP contribution in [-0.2, 0) is 0 Å². The van der Waals surface area contributed by atoms with E-state index in [0.29, 0.717) is 17.5 Å². The zero-order valence-corrected chi connectivity index (χ0v) is 19.6. The molecule has 0 spiro atoms. The Hall–Kier alpha value is -4.89. The van der Waals surface area contributed by atoms with Crippen molar-refractivity contribution in [2.24, 2.45) is 0 Å². The van der Waals surface area contributed by atoms with Gasteiger partial charge in [-0.3, -0.25) is 0 Å². The zero-order chi connectivity index (χ0) is 24.2. The summed E-state index contributed by atoms with van der Waals surface area (Å²) in [7, 11) is 0. The maximum absolute atomic E-state index is 4.82. The van der Waals surface area contributed by atoms with Gasteiger partial charge in [-0.25, -0.2) is 15.0 Å². The van der Waals surface area contributed by atoms with Crippen LogP contribution in [0.2, 0.25) is 0 Å². The molecule has 0 aliphatic rings. The van der Waals surface area contributed by atoms with Gasteiger partial charge in [0.2, 0.25) is 0 Å². The van der Waals surface area contributed by atoms with Gasteiger partial charge in [-0.1, -0.05) is 140 Å². The molecule has 5 aromatic carbocycles. The van der Waals surface area contributed by atoms with Crippen molar-refractivity contribution in [2.75, 3.05) is 0 Å². The van der Waals surface area contributed by atoms with Gasteiger partial charge in [0.05, 0.1) is 0 Å². The monoisotopic (exact) mass is 461 g/mol. The molecule has 3 nitrogen and oxygen atoms in total. The van der Waals surface area contributed by atoms with Gasteiger partial charge in [-0.05, 0) is 22.3 Å². The topological polar surface area (TPSA) is 38.7 Å². The Morgan fingerprint density at radius 1 is 0.222 bits per heavy atom. The molecule has 0 saturated heterocycles. The van der Waals surface area contributed by atoms with E-state index in [2.05, 4.69) is 72.8 Å². The Balaban J connectivity index is 1.35. The predicted octanol–water partition coefficient (Wildman–Crippen LogP) is 8.21. The minimum Gasteiger partial charge on any atom is -0.208 e. The van der Waals surface area contributed by atoms with Crippen molar-refractivity contribution in [1.82, 2.24) is 15.0 Å². The summed E-state index contributed by atoms with van der Waals surface area (Å²) in [6.07, 6.45) is 0. The lowest BCUT2D eigenvalue weighted by Crippen LogP contribution is -2.00. The van der Waals surface area contributed by atoms with E-state index in [9.17, 15) is 0 Å². The SMILES string of the molecule is c1ccc(-c2ccc(-c3ccc(-c4nc(-c5ccccc5)nc(-c5ccccc5)n4)cc3)cc2)cc1. The summed E-state index contributed by atoms with van der Waals surface area (Å²) in [5.74, 6) is 1.99. The van der Waals surface area contributed by atoms with Crippen LogP contribution in [0.5, 0.6) is 0 Å². The van der Waals surface area contributed by atoms with Crippen LogP contribution < -0.4 is 0 Å². The second-order valence-corrected chi connectivity index (χ2v) is 8.56. The molecule has 1 aromatic heterocycles. The van der Waals surface area contributed by atoms with E-state index in [0.717, 1.165) is 22.3 Å². The van der Waals surface area contributed by atoms with Crippen molar-refractivity contribution < 1.29 is 0 Å². The highest BCUT2D eigenvalue weighted by atomic mass is 15.0. The molecule has 0 aliphatic heterocycles. The van der Waals surface area contributed by atoms with Gasteiger partial charge < -0.3 is 0 Å². The van der Waals surface area contributed by atoms with E-state index in [1.165, 1.54) is 16.7 Å². The standard InChI is InChI=1S/C33H23N3/c1-4-10-24(11-5-1)25-16-18-26(19-17-25)27-20-22-30(23-21-27)33-35-31(28-12-6-2-7-13-28)34-32(36-33)29-14-8-3-9-15-29/h1-23H. The Kier molecular flexibility index (Phi) is 5.87. The molecular weight excluding hydrogens is 438 g/mol. The molecule has 0 N–H and O–H groups in total. The second kappa shape index (κ2) is 9.77. The van der Waals surface area contributed by atoms with Gasteiger partial charge in [-0.15, -0.1) is 0 Å². The fourth-order valence-corrected chi connectivity index (χ4v) is 4.24.